The largest absolute Gasteiger partial charge is 0.198 e. The molecule has 1 aliphatic heterocycles. The Hall–Kier alpha value is 0.980. The lowest BCUT2D eigenvalue weighted by Gasteiger charge is -2.22. The molecular weight excluding hydrogens is 258 g/mol. The van der Waals surface area contributed by atoms with E-state index < -0.39 is 0 Å². The molecule has 0 N–H and O–H groups in total. The highest BCUT2D eigenvalue weighted by Crippen LogP contribution is 2.55. The van der Waals surface area contributed by atoms with Crippen LogP contribution in [0.15, 0.2) is 0 Å². The molecule has 72 valence electrons. The molecule has 1 rings (SSSR count). The fourth-order valence-corrected chi connectivity index (χ4v) is 7.56. The van der Waals surface area contributed by atoms with E-state index in [0.29, 0.717) is 6.42 Å². The van der Waals surface area contributed by atoms with E-state index in [9.17, 15) is 0 Å². The minimum atomic E-state index is 0.179. The van der Waals surface area contributed by atoms with E-state index in [1.165, 1.54) is 0 Å². The maximum atomic E-state index is 8.44. The van der Waals surface area contributed by atoms with Crippen LogP contribution in [0, 0.1) is 11.3 Å². The average Bonchev–Trinajstić information content (AvgIpc) is 2.49. The van der Waals surface area contributed by atoms with Crippen LogP contribution in [0.1, 0.15) is 6.42 Å². The van der Waals surface area contributed by atoms with Crippen molar-refractivity contribution in [3.63, 3.8) is 0 Å². The molecule has 0 saturated carbocycles. The van der Waals surface area contributed by atoms with E-state index >= 15 is 0 Å². The molecule has 1 atom stereocenters. The summed E-state index contributed by atoms with van der Waals surface area (Å²) in [7, 11) is 0. The summed E-state index contributed by atoms with van der Waals surface area (Å²) in [4.78, 5) is 0. The quantitative estimate of drug-likeness (QED) is 0.439. The molecule has 13 heavy (non-hydrogen) atoms. The van der Waals surface area contributed by atoms with E-state index in [2.05, 4.69) is 12.3 Å². The highest BCUT2D eigenvalue weighted by atomic mass is 32.3. The second-order valence-corrected chi connectivity index (χ2v) is 9.04. The number of thiocarbonyl (C=S) groups is 1. The average molecular weight is 267 g/mol. The lowest BCUT2D eigenvalue weighted by atomic mass is 10.6. The monoisotopic (exact) mass is 267 g/mol. The Labute approximate surface area is 101 Å². The van der Waals surface area contributed by atoms with Crippen molar-refractivity contribution in [3.8, 4) is 6.07 Å². The minimum absolute atomic E-state index is 0.179. The topological polar surface area (TPSA) is 23.8 Å². The molecule has 0 aromatic rings. The van der Waals surface area contributed by atoms with Gasteiger partial charge in [0.15, 0.2) is 0 Å². The van der Waals surface area contributed by atoms with E-state index in [1.54, 1.807) is 23.5 Å². The van der Waals surface area contributed by atoms with Crippen molar-refractivity contribution in [1.29, 1.82) is 5.26 Å². The Morgan fingerprint density at radius 1 is 1.77 bits per heavy atom. The van der Waals surface area contributed by atoms with Crippen LogP contribution in [0.2, 0.25) is 0 Å². The summed E-state index contributed by atoms with van der Waals surface area (Å²) >= 11 is 12.4. The van der Waals surface area contributed by atoms with Gasteiger partial charge in [-0.25, -0.2) is 0 Å². The Morgan fingerprint density at radius 3 is 3.00 bits per heavy atom. The Bertz CT molecular complexity index is 236. The summed E-state index contributed by atoms with van der Waals surface area (Å²) in [6.07, 6.45) is 2.74. The van der Waals surface area contributed by atoms with Gasteiger partial charge in [0.05, 0.1) is 6.07 Å². The van der Waals surface area contributed by atoms with Gasteiger partial charge in [0, 0.05) is 17.9 Å². The molecule has 0 aliphatic carbocycles. The maximum Gasteiger partial charge on any atom is 0.122 e. The maximum absolute atomic E-state index is 8.44. The van der Waals surface area contributed by atoms with E-state index in [1.807, 2.05) is 23.5 Å². The summed E-state index contributed by atoms with van der Waals surface area (Å²) < 4.78 is 1.22. The molecule has 1 nitrogen and oxygen atoms in total. The van der Waals surface area contributed by atoms with Crippen LogP contribution >= 0.6 is 59.3 Å². The number of nitrogens with zero attached hydrogens (tertiary/aromatic N) is 1. The molecule has 1 unspecified atom stereocenters. The molecule has 0 aromatic carbocycles. The van der Waals surface area contributed by atoms with Crippen LogP contribution in [0.3, 0.4) is 0 Å². The van der Waals surface area contributed by atoms with Crippen LogP contribution in [-0.4, -0.2) is 24.7 Å². The molecule has 1 fully saturated rings. The number of thioether (sulfide) groups is 4. The van der Waals surface area contributed by atoms with Gasteiger partial charge in [0.25, 0.3) is 0 Å². The van der Waals surface area contributed by atoms with Crippen molar-refractivity contribution in [2.45, 2.75) is 9.83 Å². The molecular formula is C7H9NS5. The predicted octanol–water partition coefficient (Wildman–Crippen LogP) is 3.41. The first-order chi connectivity index (χ1) is 6.22. The molecule has 0 radical (unpaired) electrons. The first-order valence-electron chi connectivity index (χ1n) is 3.64. The summed E-state index contributed by atoms with van der Waals surface area (Å²) in [5.74, 6) is 1.97. The minimum Gasteiger partial charge on any atom is -0.198 e. The van der Waals surface area contributed by atoms with Crippen LogP contribution in [0.25, 0.3) is 0 Å². The Morgan fingerprint density at radius 2 is 2.54 bits per heavy atom. The van der Waals surface area contributed by atoms with Crippen molar-refractivity contribution in [2.75, 3.05) is 17.8 Å². The zero-order chi connectivity index (χ0) is 9.73. The van der Waals surface area contributed by atoms with Gasteiger partial charge in [-0.05, 0) is 6.26 Å². The van der Waals surface area contributed by atoms with Crippen LogP contribution < -0.4 is 0 Å². The smallest absolute Gasteiger partial charge is 0.122 e. The highest BCUT2D eigenvalue weighted by molar-refractivity contribution is 8.56. The van der Waals surface area contributed by atoms with Gasteiger partial charge in [0.1, 0.15) is 6.94 Å². The SMILES string of the molecule is CSC1(SCCC#N)CSC(=S)S1. The van der Waals surface area contributed by atoms with Crippen molar-refractivity contribution in [3.05, 3.63) is 0 Å². The summed E-state index contributed by atoms with van der Waals surface area (Å²) in [5.41, 5.74) is 0. The zero-order valence-electron chi connectivity index (χ0n) is 7.11. The van der Waals surface area contributed by atoms with Gasteiger partial charge in [-0.2, -0.15) is 5.26 Å². The number of nitriles is 1. The van der Waals surface area contributed by atoms with Crippen LogP contribution in [0.4, 0.5) is 0 Å². The predicted molar refractivity (Wildman–Crippen MR) is 71.6 cm³/mol. The highest BCUT2D eigenvalue weighted by Gasteiger charge is 2.37. The third-order valence-electron chi connectivity index (χ3n) is 1.45. The fourth-order valence-electron chi connectivity index (χ4n) is 0.816. The molecule has 0 spiro atoms. The third kappa shape index (κ3) is 3.56. The van der Waals surface area contributed by atoms with E-state index in [-0.39, 0.29) is 3.41 Å². The Kier molecular flexibility index (Phi) is 5.34. The summed E-state index contributed by atoms with van der Waals surface area (Å²) in [6.45, 7) is 0. The number of rotatable bonds is 4. The van der Waals surface area contributed by atoms with Crippen molar-refractivity contribution in [1.82, 2.24) is 0 Å². The van der Waals surface area contributed by atoms with Gasteiger partial charge in [-0.15, -0.1) is 35.3 Å². The summed E-state index contributed by atoms with van der Waals surface area (Å²) in [6, 6.07) is 2.17. The van der Waals surface area contributed by atoms with Gasteiger partial charge >= 0.3 is 0 Å². The zero-order valence-corrected chi connectivity index (χ0v) is 11.2. The van der Waals surface area contributed by atoms with E-state index in [0.717, 1.165) is 15.0 Å². The lowest BCUT2D eigenvalue weighted by molar-refractivity contribution is 1.23. The molecule has 0 amide bonds. The normalized spacial score (nSPS) is 27.5. The molecule has 0 bridgehead atoms. The second-order valence-electron chi connectivity index (χ2n) is 2.28. The first kappa shape index (κ1) is 12.1. The Balaban J connectivity index is 2.42. The summed E-state index contributed by atoms with van der Waals surface area (Å²) in [5, 5.41) is 8.44. The first-order valence-corrected chi connectivity index (χ1v) is 8.06. The van der Waals surface area contributed by atoms with Gasteiger partial charge in [-0.3, -0.25) is 0 Å². The molecule has 1 aliphatic rings. The fraction of sp³-hybridized carbons (Fsp3) is 0.714. The molecule has 1 heterocycles. The van der Waals surface area contributed by atoms with Crippen molar-refractivity contribution in [2.24, 2.45) is 0 Å². The lowest BCUT2D eigenvalue weighted by Crippen LogP contribution is -2.14. The molecule has 1 saturated heterocycles. The van der Waals surface area contributed by atoms with Crippen molar-refractivity contribution < 1.29 is 0 Å². The van der Waals surface area contributed by atoms with Gasteiger partial charge in [0.2, 0.25) is 0 Å². The standard InChI is InChI=1S/C7H9NS5/c1-10-7(12-4-2-3-8)5-11-6(9)13-7/h2,4-5H2,1H3. The van der Waals surface area contributed by atoms with Gasteiger partial charge < -0.3 is 0 Å². The van der Waals surface area contributed by atoms with Crippen molar-refractivity contribution >= 4 is 62.8 Å². The number of hydrogen-bond acceptors (Lipinski definition) is 6. The third-order valence-corrected chi connectivity index (χ3v) is 8.61. The molecule has 0 aromatic heterocycles. The van der Waals surface area contributed by atoms with E-state index in [4.69, 9.17) is 17.5 Å². The van der Waals surface area contributed by atoms with Gasteiger partial charge in [-0.1, -0.05) is 24.0 Å². The molecule has 6 heteroatoms. The second kappa shape index (κ2) is 5.76. The number of hydrogen-bond donors (Lipinski definition) is 0. The van der Waals surface area contributed by atoms with Crippen LogP contribution in [-0.2, 0) is 0 Å². The van der Waals surface area contributed by atoms with Crippen LogP contribution in [0.5, 0.6) is 0 Å².